The normalized spacial score (nSPS) is 17.2. The zero-order valence-corrected chi connectivity index (χ0v) is 5.87. The molecule has 0 aromatic carbocycles. The van der Waals surface area contributed by atoms with Crippen LogP contribution in [0.4, 0.5) is 0 Å². The van der Waals surface area contributed by atoms with Crippen LogP contribution in [-0.4, -0.2) is 28.1 Å². The Morgan fingerprint density at radius 1 is 1.10 bits per heavy atom. The topological polar surface area (TPSA) is 117 Å². The molecule has 0 aromatic rings. The summed E-state index contributed by atoms with van der Waals surface area (Å²) >= 11 is -5.61. The average molecular weight is 193 g/mol. The minimum absolute atomic E-state index is 0.702. The maximum Gasteiger partial charge on any atom is 0.323 e. The zero-order valence-electron chi connectivity index (χ0n) is 4.24. The van der Waals surface area contributed by atoms with Crippen molar-refractivity contribution >= 4 is 22.7 Å². The van der Waals surface area contributed by atoms with E-state index >= 15 is 0 Å². The van der Waals surface area contributed by atoms with Crippen molar-refractivity contribution in [1.82, 2.24) is 5.39 Å². The fraction of sp³-hybridized carbons (Fsp3) is 0. The summed E-state index contributed by atoms with van der Waals surface area (Å²) in [6.07, 6.45) is 0. The Morgan fingerprint density at radius 3 is 1.60 bits per heavy atom. The van der Waals surface area contributed by atoms with E-state index in [1.165, 1.54) is 0 Å². The maximum absolute atomic E-state index is 9.62. The summed E-state index contributed by atoms with van der Waals surface area (Å²) in [5, 5.41) is 7.37. The van der Waals surface area contributed by atoms with Gasteiger partial charge in [-0.15, -0.1) is 8.57 Å². The first-order chi connectivity index (χ1) is 4.52. The van der Waals surface area contributed by atoms with Crippen molar-refractivity contribution < 1.29 is 31.3 Å². The standard InChI is InChI=1S/H3NO7S2/c2-1(7-9(3)4)8-10(5)6/h2H,(H,3,4)(H,5,6). The van der Waals surface area contributed by atoms with Crippen molar-refractivity contribution in [2.24, 2.45) is 0 Å². The van der Waals surface area contributed by atoms with Crippen LogP contribution in [-0.2, 0) is 31.3 Å². The van der Waals surface area contributed by atoms with Gasteiger partial charge in [-0.05, 0) is 0 Å². The summed E-state index contributed by atoms with van der Waals surface area (Å²) in [5.41, 5.74) is 0. The molecule has 0 spiro atoms. The Bertz CT molecular complexity index is 127. The fourth-order valence-corrected chi connectivity index (χ4v) is 0.439. The lowest BCUT2D eigenvalue weighted by Gasteiger charge is -2.04. The van der Waals surface area contributed by atoms with Crippen molar-refractivity contribution in [2.75, 3.05) is 0 Å². The lowest BCUT2D eigenvalue weighted by Crippen LogP contribution is -2.22. The first-order valence-electron chi connectivity index (χ1n) is 1.60. The minimum Gasteiger partial charge on any atom is -0.283 e. The molecule has 0 heterocycles. The number of hydrogen-bond acceptors (Lipinski definition) is 6. The molecule has 0 aliphatic rings. The molecule has 0 saturated heterocycles. The molecule has 0 bridgehead atoms. The van der Waals surface area contributed by atoms with Gasteiger partial charge in [-0.3, -0.25) is 14.3 Å². The van der Waals surface area contributed by atoms with Crippen LogP contribution in [0.15, 0.2) is 0 Å². The second-order valence-electron chi connectivity index (χ2n) is 0.821. The molecule has 0 saturated carbocycles. The highest BCUT2D eigenvalue weighted by Gasteiger charge is 2.08. The first-order valence-corrected chi connectivity index (χ1v) is 3.66. The summed E-state index contributed by atoms with van der Waals surface area (Å²) in [4.78, 5) is 0. The second kappa shape index (κ2) is 4.81. The van der Waals surface area contributed by atoms with Gasteiger partial charge in [-0.25, -0.2) is 0 Å². The monoisotopic (exact) mass is 193 g/mol. The maximum atomic E-state index is 9.62. The molecular formula is H3NO7S2. The van der Waals surface area contributed by atoms with Crippen LogP contribution < -0.4 is 0 Å². The molecule has 0 aliphatic heterocycles. The third-order valence-electron chi connectivity index (χ3n) is 0.255. The molecule has 3 N–H and O–H groups in total. The predicted octanol–water partition coefficient (Wildman–Crippen LogP) is -1.19. The van der Waals surface area contributed by atoms with Crippen LogP contribution in [0.2, 0.25) is 0 Å². The van der Waals surface area contributed by atoms with E-state index < -0.39 is 28.1 Å². The summed E-state index contributed by atoms with van der Waals surface area (Å²) in [5.74, 6) is 0. The molecule has 0 radical (unpaired) electrons. The van der Waals surface area contributed by atoms with Crippen molar-refractivity contribution in [3.05, 3.63) is 0 Å². The minimum atomic E-state index is -2.81. The van der Waals surface area contributed by atoms with Crippen molar-refractivity contribution in [3.63, 3.8) is 0 Å². The van der Waals surface area contributed by atoms with E-state index in [2.05, 4.69) is 8.57 Å². The molecule has 8 nitrogen and oxygen atoms in total. The average Bonchev–Trinajstić information content (AvgIpc) is 1.58. The molecule has 10 heteroatoms. The van der Waals surface area contributed by atoms with Gasteiger partial charge in [0.05, 0.1) is 0 Å². The summed E-state index contributed by atoms with van der Waals surface area (Å²) in [6, 6.07) is 0. The van der Waals surface area contributed by atoms with Crippen molar-refractivity contribution in [1.29, 1.82) is 0 Å². The third-order valence-corrected chi connectivity index (χ3v) is 0.765. The van der Waals surface area contributed by atoms with E-state index in [1.54, 1.807) is 0 Å². The van der Waals surface area contributed by atoms with Crippen LogP contribution in [0.1, 0.15) is 0 Å². The van der Waals surface area contributed by atoms with Crippen LogP contribution in [0.3, 0.4) is 0 Å². The van der Waals surface area contributed by atoms with E-state index in [0.29, 0.717) is 0 Å². The SMILES string of the molecule is O=S(O)ON(O)OS(=O)O. The van der Waals surface area contributed by atoms with Gasteiger partial charge in [-0.1, -0.05) is 0 Å². The van der Waals surface area contributed by atoms with E-state index in [0.717, 1.165) is 0 Å². The van der Waals surface area contributed by atoms with E-state index in [1.807, 2.05) is 0 Å². The highest BCUT2D eigenvalue weighted by atomic mass is 32.2. The van der Waals surface area contributed by atoms with Gasteiger partial charge >= 0.3 is 22.7 Å². The van der Waals surface area contributed by atoms with E-state index in [-0.39, 0.29) is 0 Å². The highest BCUT2D eigenvalue weighted by Crippen LogP contribution is 1.90. The first kappa shape index (κ1) is 10.1. The quantitative estimate of drug-likeness (QED) is 0.377. The molecule has 0 aliphatic carbocycles. The third kappa shape index (κ3) is 6.18. The van der Waals surface area contributed by atoms with Gasteiger partial charge in [-0.2, -0.15) is 8.42 Å². The van der Waals surface area contributed by atoms with E-state index in [9.17, 15) is 8.42 Å². The summed E-state index contributed by atoms with van der Waals surface area (Å²) in [7, 11) is 0. The van der Waals surface area contributed by atoms with Gasteiger partial charge < -0.3 is 0 Å². The van der Waals surface area contributed by atoms with E-state index in [4.69, 9.17) is 14.3 Å². The zero-order chi connectivity index (χ0) is 8.15. The number of rotatable bonds is 4. The van der Waals surface area contributed by atoms with Crippen LogP contribution in [0, 0.1) is 0 Å². The molecule has 0 fully saturated rings. The summed E-state index contributed by atoms with van der Waals surface area (Å²) in [6.45, 7) is 0. The largest absolute Gasteiger partial charge is 0.323 e. The van der Waals surface area contributed by atoms with Gasteiger partial charge in [0, 0.05) is 0 Å². The summed E-state index contributed by atoms with van der Waals surface area (Å²) < 4.78 is 41.7. The number of nitrogens with zero attached hydrogens (tertiary/aromatic N) is 1. The molecule has 0 amide bonds. The molecule has 2 atom stereocenters. The number of hydrogen-bond donors (Lipinski definition) is 3. The highest BCUT2D eigenvalue weighted by molar-refractivity contribution is 7.74. The predicted molar refractivity (Wildman–Crippen MR) is 27.3 cm³/mol. The molecule has 0 aromatic heterocycles. The van der Waals surface area contributed by atoms with Crippen LogP contribution >= 0.6 is 0 Å². The Morgan fingerprint density at radius 2 is 1.40 bits per heavy atom. The van der Waals surface area contributed by atoms with Gasteiger partial charge in [0.25, 0.3) is 0 Å². The smallest absolute Gasteiger partial charge is 0.283 e. The lowest BCUT2D eigenvalue weighted by atomic mass is 13.0. The van der Waals surface area contributed by atoms with Crippen molar-refractivity contribution in [3.8, 4) is 0 Å². The second-order valence-corrected chi connectivity index (χ2v) is 1.99. The fourth-order valence-electron chi connectivity index (χ4n) is 0.122. The van der Waals surface area contributed by atoms with Gasteiger partial charge in [0.15, 0.2) is 0 Å². The Kier molecular flexibility index (Phi) is 4.84. The molecule has 62 valence electrons. The van der Waals surface area contributed by atoms with Crippen LogP contribution in [0.5, 0.6) is 0 Å². The molecule has 0 rings (SSSR count). The lowest BCUT2D eigenvalue weighted by molar-refractivity contribution is -0.427. The molecular weight excluding hydrogens is 190 g/mol. The van der Waals surface area contributed by atoms with Gasteiger partial charge in [0.1, 0.15) is 5.39 Å². The molecule has 10 heavy (non-hydrogen) atoms. The van der Waals surface area contributed by atoms with Crippen LogP contribution in [0.25, 0.3) is 0 Å². The Hall–Kier alpha value is 0.0600. The molecule has 2 unspecified atom stereocenters. The van der Waals surface area contributed by atoms with Crippen molar-refractivity contribution in [2.45, 2.75) is 0 Å². The Balaban J connectivity index is 3.53. The Labute approximate surface area is 60.2 Å². The van der Waals surface area contributed by atoms with Gasteiger partial charge in [0.2, 0.25) is 0 Å².